The van der Waals surface area contributed by atoms with Crippen molar-refractivity contribution in [2.24, 2.45) is 11.8 Å². The Hall–Kier alpha value is -2.63. The van der Waals surface area contributed by atoms with E-state index in [0.717, 1.165) is 36.3 Å². The van der Waals surface area contributed by atoms with E-state index in [0.29, 0.717) is 31.1 Å². The zero-order valence-corrected chi connectivity index (χ0v) is 17.4. The summed E-state index contributed by atoms with van der Waals surface area (Å²) in [4.78, 5) is 27.6. The molecule has 6 heteroatoms. The summed E-state index contributed by atoms with van der Waals surface area (Å²) in [5, 5.41) is 7.70. The number of nitrogens with zero attached hydrogens (tertiary/aromatic N) is 3. The molecular weight excluding hydrogens is 364 g/mol. The standard InChI is InChI=1S/C23H30N4O2/c1-16-21(17(2)27(25-16)14-19-7-4-3-5-8-19)23(29)26-12-6-9-20(15-26)22(28)24-13-18-10-11-18/h3-5,7-8,18,20H,6,9-15H2,1-2H3,(H,24,28). The van der Waals surface area contributed by atoms with Gasteiger partial charge in [0.15, 0.2) is 0 Å². The van der Waals surface area contributed by atoms with Crippen molar-refractivity contribution in [3.8, 4) is 0 Å². The van der Waals surface area contributed by atoms with Crippen molar-refractivity contribution in [1.29, 1.82) is 0 Å². The molecule has 0 radical (unpaired) electrons. The van der Waals surface area contributed by atoms with Gasteiger partial charge in [-0.3, -0.25) is 14.3 Å². The van der Waals surface area contributed by atoms with Gasteiger partial charge < -0.3 is 10.2 Å². The Morgan fingerprint density at radius 2 is 1.90 bits per heavy atom. The first-order valence-electron chi connectivity index (χ1n) is 10.7. The lowest BCUT2D eigenvalue weighted by Crippen LogP contribution is -2.46. The summed E-state index contributed by atoms with van der Waals surface area (Å²) in [5.41, 5.74) is 3.47. The van der Waals surface area contributed by atoms with E-state index >= 15 is 0 Å². The molecule has 1 aliphatic heterocycles. The second-order valence-corrected chi connectivity index (χ2v) is 8.47. The Labute approximate surface area is 172 Å². The summed E-state index contributed by atoms with van der Waals surface area (Å²) in [6.45, 7) is 6.48. The van der Waals surface area contributed by atoms with E-state index in [4.69, 9.17) is 0 Å². The average molecular weight is 395 g/mol. The summed E-state index contributed by atoms with van der Waals surface area (Å²) in [7, 11) is 0. The van der Waals surface area contributed by atoms with Gasteiger partial charge in [0.05, 0.1) is 23.7 Å². The molecule has 2 amide bonds. The monoisotopic (exact) mass is 394 g/mol. The molecule has 1 N–H and O–H groups in total. The lowest BCUT2D eigenvalue weighted by molar-refractivity contribution is -0.126. The van der Waals surface area contributed by atoms with Crippen molar-refractivity contribution in [3.63, 3.8) is 0 Å². The molecule has 1 unspecified atom stereocenters. The van der Waals surface area contributed by atoms with E-state index < -0.39 is 0 Å². The van der Waals surface area contributed by atoms with Gasteiger partial charge in [0.1, 0.15) is 0 Å². The maximum absolute atomic E-state index is 13.3. The molecule has 1 aromatic carbocycles. The topological polar surface area (TPSA) is 67.2 Å². The fourth-order valence-corrected chi connectivity index (χ4v) is 4.16. The van der Waals surface area contributed by atoms with Gasteiger partial charge in [-0.2, -0.15) is 5.10 Å². The fourth-order valence-electron chi connectivity index (χ4n) is 4.16. The van der Waals surface area contributed by atoms with Gasteiger partial charge in [0, 0.05) is 25.3 Å². The summed E-state index contributed by atoms with van der Waals surface area (Å²) < 4.78 is 1.90. The van der Waals surface area contributed by atoms with Gasteiger partial charge in [-0.1, -0.05) is 30.3 Å². The van der Waals surface area contributed by atoms with Gasteiger partial charge in [-0.15, -0.1) is 0 Å². The number of aryl methyl sites for hydroxylation is 1. The number of hydrogen-bond acceptors (Lipinski definition) is 3. The number of rotatable bonds is 6. The first-order chi connectivity index (χ1) is 14.0. The molecule has 6 nitrogen and oxygen atoms in total. The Kier molecular flexibility index (Phi) is 5.69. The first-order valence-corrected chi connectivity index (χ1v) is 10.7. The predicted octanol–water partition coefficient (Wildman–Crippen LogP) is 2.93. The number of piperidine rings is 1. The van der Waals surface area contributed by atoms with E-state index in [1.165, 1.54) is 12.8 Å². The van der Waals surface area contributed by atoms with Crippen molar-refractivity contribution in [2.75, 3.05) is 19.6 Å². The fraction of sp³-hybridized carbons (Fsp3) is 0.522. The van der Waals surface area contributed by atoms with Crippen molar-refractivity contribution in [2.45, 2.75) is 46.1 Å². The van der Waals surface area contributed by atoms with E-state index in [2.05, 4.69) is 22.5 Å². The smallest absolute Gasteiger partial charge is 0.257 e. The molecule has 4 rings (SSSR count). The molecule has 1 atom stereocenters. The highest BCUT2D eigenvalue weighted by molar-refractivity contribution is 5.96. The lowest BCUT2D eigenvalue weighted by atomic mass is 9.96. The van der Waals surface area contributed by atoms with Gasteiger partial charge >= 0.3 is 0 Å². The summed E-state index contributed by atoms with van der Waals surface area (Å²) in [5.74, 6) is 0.661. The van der Waals surface area contributed by atoms with E-state index in [1.807, 2.05) is 41.6 Å². The van der Waals surface area contributed by atoms with Crippen molar-refractivity contribution >= 4 is 11.8 Å². The van der Waals surface area contributed by atoms with Crippen LogP contribution in [-0.4, -0.2) is 46.1 Å². The van der Waals surface area contributed by atoms with Crippen molar-refractivity contribution in [1.82, 2.24) is 20.0 Å². The second-order valence-electron chi connectivity index (χ2n) is 8.47. The highest BCUT2D eigenvalue weighted by Crippen LogP contribution is 2.28. The zero-order chi connectivity index (χ0) is 20.4. The number of carbonyl (C=O) groups is 2. The van der Waals surface area contributed by atoms with E-state index in [1.54, 1.807) is 0 Å². The Balaban J connectivity index is 1.45. The van der Waals surface area contributed by atoms with Crippen LogP contribution in [0.2, 0.25) is 0 Å². The predicted molar refractivity (Wildman–Crippen MR) is 112 cm³/mol. The number of hydrogen-bond donors (Lipinski definition) is 1. The second kappa shape index (κ2) is 8.39. The minimum atomic E-state index is -0.105. The average Bonchev–Trinajstić information content (AvgIpc) is 3.52. The molecule has 0 bridgehead atoms. The molecule has 154 valence electrons. The molecule has 1 saturated heterocycles. The molecule has 1 aliphatic carbocycles. The number of aromatic nitrogens is 2. The van der Waals surface area contributed by atoms with Gasteiger partial charge in [0.2, 0.25) is 5.91 Å². The van der Waals surface area contributed by atoms with E-state index in [9.17, 15) is 9.59 Å². The quantitative estimate of drug-likeness (QED) is 0.819. The number of nitrogens with one attached hydrogen (secondary N) is 1. The van der Waals surface area contributed by atoms with Gasteiger partial charge in [-0.05, 0) is 51.0 Å². The number of carbonyl (C=O) groups excluding carboxylic acids is 2. The third kappa shape index (κ3) is 4.52. The number of likely N-dealkylation sites (tertiary alicyclic amines) is 1. The van der Waals surface area contributed by atoms with Crippen LogP contribution >= 0.6 is 0 Å². The van der Waals surface area contributed by atoms with Crippen LogP contribution < -0.4 is 5.32 Å². The molecule has 2 heterocycles. The highest BCUT2D eigenvalue weighted by atomic mass is 16.2. The summed E-state index contributed by atoms with van der Waals surface area (Å²) in [6.07, 6.45) is 4.16. The van der Waals surface area contributed by atoms with Crippen LogP contribution in [0, 0.1) is 25.7 Å². The van der Waals surface area contributed by atoms with Crippen LogP contribution in [0.25, 0.3) is 0 Å². The number of benzene rings is 1. The molecule has 2 aliphatic rings. The molecule has 2 aromatic rings. The van der Waals surface area contributed by atoms with E-state index in [-0.39, 0.29) is 17.7 Å². The third-order valence-corrected chi connectivity index (χ3v) is 6.11. The van der Waals surface area contributed by atoms with Gasteiger partial charge in [0.25, 0.3) is 5.91 Å². The maximum Gasteiger partial charge on any atom is 0.257 e. The highest BCUT2D eigenvalue weighted by Gasteiger charge is 2.32. The van der Waals surface area contributed by atoms with Crippen LogP contribution in [0.3, 0.4) is 0 Å². The lowest BCUT2D eigenvalue weighted by Gasteiger charge is -2.32. The third-order valence-electron chi connectivity index (χ3n) is 6.11. The Morgan fingerprint density at radius 1 is 1.14 bits per heavy atom. The van der Waals surface area contributed by atoms with Crippen LogP contribution in [0.5, 0.6) is 0 Å². The van der Waals surface area contributed by atoms with Crippen LogP contribution in [0.1, 0.15) is 53.0 Å². The summed E-state index contributed by atoms with van der Waals surface area (Å²) in [6, 6.07) is 10.1. The molecular formula is C23H30N4O2. The SMILES string of the molecule is Cc1nn(Cc2ccccc2)c(C)c1C(=O)N1CCCC(C(=O)NCC2CC2)C1. The molecule has 1 aromatic heterocycles. The number of amides is 2. The van der Waals surface area contributed by atoms with Crippen molar-refractivity contribution < 1.29 is 9.59 Å². The normalized spacial score (nSPS) is 19.2. The van der Waals surface area contributed by atoms with Crippen molar-refractivity contribution in [3.05, 3.63) is 52.8 Å². The largest absolute Gasteiger partial charge is 0.356 e. The Morgan fingerprint density at radius 3 is 2.62 bits per heavy atom. The molecule has 2 fully saturated rings. The maximum atomic E-state index is 13.3. The minimum absolute atomic E-state index is 0.000922. The summed E-state index contributed by atoms with van der Waals surface area (Å²) >= 11 is 0. The van der Waals surface area contributed by atoms with Crippen LogP contribution in [-0.2, 0) is 11.3 Å². The molecule has 29 heavy (non-hydrogen) atoms. The minimum Gasteiger partial charge on any atom is -0.356 e. The molecule has 0 spiro atoms. The zero-order valence-electron chi connectivity index (χ0n) is 17.4. The van der Waals surface area contributed by atoms with Gasteiger partial charge in [-0.25, -0.2) is 0 Å². The van der Waals surface area contributed by atoms with Crippen LogP contribution in [0.15, 0.2) is 30.3 Å². The Bertz CT molecular complexity index is 886. The molecule has 1 saturated carbocycles. The van der Waals surface area contributed by atoms with Crippen LogP contribution in [0.4, 0.5) is 0 Å². The first kappa shape index (κ1) is 19.7.